The van der Waals surface area contributed by atoms with Crippen LogP contribution >= 0.6 is 11.6 Å². The van der Waals surface area contributed by atoms with Crippen LogP contribution in [0.3, 0.4) is 0 Å². The first-order chi connectivity index (χ1) is 8.03. The van der Waals surface area contributed by atoms with E-state index in [2.05, 4.69) is 11.9 Å². The fraction of sp³-hybridized carbons (Fsp3) is 0.538. The number of pyridine rings is 1. The summed E-state index contributed by atoms with van der Waals surface area (Å²) in [5.74, 6) is 0.0904. The van der Waals surface area contributed by atoms with Crippen molar-refractivity contribution < 1.29 is 4.79 Å². The molecule has 3 nitrogen and oxygen atoms in total. The summed E-state index contributed by atoms with van der Waals surface area (Å²) >= 11 is 6.12. The third-order valence-corrected chi connectivity index (χ3v) is 4.32. The Kier molecular flexibility index (Phi) is 3.13. The molecule has 0 spiro atoms. The van der Waals surface area contributed by atoms with E-state index >= 15 is 0 Å². The van der Waals surface area contributed by atoms with Crippen molar-refractivity contribution >= 4 is 17.5 Å². The Morgan fingerprint density at radius 2 is 2.35 bits per heavy atom. The van der Waals surface area contributed by atoms with Crippen LogP contribution < -0.4 is 0 Å². The Bertz CT molecular complexity index is 461. The van der Waals surface area contributed by atoms with Crippen molar-refractivity contribution in [3.8, 4) is 0 Å². The lowest BCUT2D eigenvalue weighted by Crippen LogP contribution is -2.44. The van der Waals surface area contributed by atoms with Crippen LogP contribution in [0.5, 0.6) is 0 Å². The SMILES string of the molecule is CCC1(N(C)C(C)=O)CCc2c1ccnc2Cl. The van der Waals surface area contributed by atoms with Gasteiger partial charge >= 0.3 is 0 Å². The molecule has 1 aliphatic carbocycles. The van der Waals surface area contributed by atoms with Gasteiger partial charge < -0.3 is 4.90 Å². The molecule has 0 fully saturated rings. The summed E-state index contributed by atoms with van der Waals surface area (Å²) in [6.07, 6.45) is 4.45. The van der Waals surface area contributed by atoms with E-state index in [0.29, 0.717) is 5.15 Å². The zero-order valence-corrected chi connectivity index (χ0v) is 11.2. The molecule has 0 saturated carbocycles. The van der Waals surface area contributed by atoms with Gasteiger partial charge in [0.05, 0.1) is 5.54 Å². The minimum atomic E-state index is -0.201. The zero-order valence-electron chi connectivity index (χ0n) is 10.5. The highest BCUT2D eigenvalue weighted by Crippen LogP contribution is 2.45. The molecule has 17 heavy (non-hydrogen) atoms. The fourth-order valence-electron chi connectivity index (χ4n) is 2.86. The molecule has 0 bridgehead atoms. The Hall–Kier alpha value is -1.09. The van der Waals surface area contributed by atoms with Crippen LogP contribution in [-0.2, 0) is 16.8 Å². The van der Waals surface area contributed by atoms with Crippen LogP contribution in [0.25, 0.3) is 0 Å². The van der Waals surface area contributed by atoms with Crippen molar-refractivity contribution in [2.24, 2.45) is 0 Å². The lowest BCUT2D eigenvalue weighted by molar-refractivity contribution is -0.133. The highest BCUT2D eigenvalue weighted by atomic mass is 35.5. The molecule has 1 amide bonds. The molecule has 1 unspecified atom stereocenters. The van der Waals surface area contributed by atoms with Gasteiger partial charge in [0.2, 0.25) is 5.91 Å². The van der Waals surface area contributed by atoms with Gasteiger partial charge in [0.25, 0.3) is 0 Å². The standard InChI is InChI=1S/C13H17ClN2O/c1-4-13(16(3)9(2)17)7-5-10-11(13)6-8-15-12(10)14/h6,8H,4-5,7H2,1-3H3. The third-order valence-electron chi connectivity index (χ3n) is 3.99. The molecule has 0 saturated heterocycles. The highest BCUT2D eigenvalue weighted by molar-refractivity contribution is 6.30. The molecule has 1 aliphatic rings. The van der Waals surface area contributed by atoms with Crippen LogP contribution in [0.1, 0.15) is 37.8 Å². The molecule has 0 aliphatic heterocycles. The van der Waals surface area contributed by atoms with E-state index < -0.39 is 0 Å². The summed E-state index contributed by atoms with van der Waals surface area (Å²) < 4.78 is 0. The number of rotatable bonds is 2. The van der Waals surface area contributed by atoms with Crippen LogP contribution in [0, 0.1) is 0 Å². The Balaban J connectivity index is 2.55. The van der Waals surface area contributed by atoms with E-state index in [0.717, 1.165) is 30.4 Å². The summed E-state index contributed by atoms with van der Waals surface area (Å²) in [5.41, 5.74) is 2.06. The maximum Gasteiger partial charge on any atom is 0.219 e. The molecule has 1 aromatic heterocycles. The van der Waals surface area contributed by atoms with E-state index in [1.807, 2.05) is 18.0 Å². The predicted octanol–water partition coefficient (Wildman–Crippen LogP) is 2.76. The van der Waals surface area contributed by atoms with Crippen molar-refractivity contribution in [1.82, 2.24) is 9.88 Å². The van der Waals surface area contributed by atoms with E-state index in [1.54, 1.807) is 13.1 Å². The van der Waals surface area contributed by atoms with Gasteiger partial charge in [0, 0.05) is 20.2 Å². The fourth-order valence-corrected chi connectivity index (χ4v) is 3.11. The van der Waals surface area contributed by atoms with Crippen molar-refractivity contribution in [2.45, 2.75) is 38.6 Å². The molecule has 0 aromatic carbocycles. The van der Waals surface area contributed by atoms with Gasteiger partial charge in [-0.25, -0.2) is 4.98 Å². The first kappa shape index (κ1) is 12.4. The number of hydrogen-bond donors (Lipinski definition) is 0. The molecule has 4 heteroatoms. The second kappa shape index (κ2) is 4.30. The van der Waals surface area contributed by atoms with Crippen LogP contribution in [-0.4, -0.2) is 22.8 Å². The molecule has 2 rings (SSSR count). The summed E-state index contributed by atoms with van der Waals surface area (Å²) in [4.78, 5) is 17.6. The van der Waals surface area contributed by atoms with Crippen LogP contribution in [0.2, 0.25) is 5.15 Å². The lowest BCUT2D eigenvalue weighted by atomic mass is 9.87. The molecular weight excluding hydrogens is 236 g/mol. The van der Waals surface area contributed by atoms with Gasteiger partial charge in [-0.15, -0.1) is 0 Å². The van der Waals surface area contributed by atoms with Crippen LogP contribution in [0.15, 0.2) is 12.3 Å². The van der Waals surface area contributed by atoms with Crippen molar-refractivity contribution in [3.05, 3.63) is 28.5 Å². The van der Waals surface area contributed by atoms with E-state index in [9.17, 15) is 4.79 Å². The van der Waals surface area contributed by atoms with Crippen LogP contribution in [0.4, 0.5) is 0 Å². The first-order valence-corrected chi connectivity index (χ1v) is 6.29. The number of halogens is 1. The van der Waals surface area contributed by atoms with Gasteiger partial charge in [0.15, 0.2) is 0 Å². The van der Waals surface area contributed by atoms with Crippen molar-refractivity contribution in [1.29, 1.82) is 0 Å². The number of carbonyl (C=O) groups excluding carboxylic acids is 1. The second-order valence-corrected chi connectivity index (χ2v) is 4.95. The number of amides is 1. The lowest BCUT2D eigenvalue weighted by Gasteiger charge is -2.38. The first-order valence-electron chi connectivity index (χ1n) is 5.91. The maximum atomic E-state index is 11.7. The summed E-state index contributed by atoms with van der Waals surface area (Å²) in [7, 11) is 1.87. The predicted molar refractivity (Wildman–Crippen MR) is 68.0 cm³/mol. The number of nitrogens with zero attached hydrogens (tertiary/aromatic N) is 2. The molecular formula is C13H17ClN2O. The number of fused-ring (bicyclic) bond motifs is 1. The monoisotopic (exact) mass is 252 g/mol. The molecule has 0 N–H and O–H groups in total. The van der Waals surface area contributed by atoms with Gasteiger partial charge in [-0.1, -0.05) is 18.5 Å². The Labute approximate surface area is 107 Å². The molecule has 0 radical (unpaired) electrons. The van der Waals surface area contributed by atoms with E-state index in [4.69, 9.17) is 11.6 Å². The van der Waals surface area contributed by atoms with Gasteiger partial charge in [-0.05, 0) is 36.5 Å². The number of hydrogen-bond acceptors (Lipinski definition) is 2. The minimum Gasteiger partial charge on any atom is -0.336 e. The molecule has 1 atom stereocenters. The maximum absolute atomic E-state index is 11.7. The largest absolute Gasteiger partial charge is 0.336 e. The Morgan fingerprint density at radius 1 is 1.65 bits per heavy atom. The van der Waals surface area contributed by atoms with Crippen molar-refractivity contribution in [2.75, 3.05) is 7.05 Å². The quantitative estimate of drug-likeness (QED) is 0.759. The smallest absolute Gasteiger partial charge is 0.219 e. The van der Waals surface area contributed by atoms with Gasteiger partial charge in [-0.2, -0.15) is 0 Å². The Morgan fingerprint density at radius 3 is 2.94 bits per heavy atom. The van der Waals surface area contributed by atoms with Gasteiger partial charge in [0.1, 0.15) is 5.15 Å². The summed E-state index contributed by atoms with van der Waals surface area (Å²) in [6, 6.07) is 2.00. The average molecular weight is 253 g/mol. The molecule has 92 valence electrons. The van der Waals surface area contributed by atoms with Gasteiger partial charge in [-0.3, -0.25) is 4.79 Å². The third kappa shape index (κ3) is 1.73. The molecule has 1 heterocycles. The second-order valence-electron chi connectivity index (χ2n) is 4.59. The number of carbonyl (C=O) groups is 1. The summed E-state index contributed by atoms with van der Waals surface area (Å²) in [5, 5.41) is 0.578. The topological polar surface area (TPSA) is 33.2 Å². The normalized spacial score (nSPS) is 22.4. The average Bonchev–Trinajstić information content (AvgIpc) is 2.69. The number of aromatic nitrogens is 1. The summed E-state index contributed by atoms with van der Waals surface area (Å²) in [6.45, 7) is 3.72. The van der Waals surface area contributed by atoms with E-state index in [-0.39, 0.29) is 11.4 Å². The highest BCUT2D eigenvalue weighted by Gasteiger charge is 2.42. The zero-order chi connectivity index (χ0) is 12.6. The minimum absolute atomic E-state index is 0.0904. The van der Waals surface area contributed by atoms with Crippen molar-refractivity contribution in [3.63, 3.8) is 0 Å². The molecule has 1 aromatic rings. The van der Waals surface area contributed by atoms with E-state index in [1.165, 1.54) is 0 Å².